The quantitative estimate of drug-likeness (QED) is 0.448. The van der Waals surface area contributed by atoms with Gasteiger partial charge in [0.05, 0.1) is 11.9 Å². The second-order valence-corrected chi connectivity index (χ2v) is 12.5. The lowest BCUT2D eigenvalue weighted by molar-refractivity contribution is -0.139. The van der Waals surface area contributed by atoms with Crippen molar-refractivity contribution < 1.29 is 18.0 Å². The summed E-state index contributed by atoms with van der Waals surface area (Å²) in [6.07, 6.45) is 6.15. The van der Waals surface area contributed by atoms with Crippen LogP contribution in [0.15, 0.2) is 36.4 Å². The number of nitrogens with one attached hydrogen (secondary N) is 1. The SMILES string of the molecule is Cc1cccc(N(CC(=O)N(Cc2ccc(Cl)cc2Cl)[C@@H](C)C(=O)NC2CCCCC2)S(C)(=O)=O)c1C. The van der Waals surface area contributed by atoms with Crippen LogP contribution in [0.1, 0.15) is 55.7 Å². The van der Waals surface area contributed by atoms with E-state index in [0.29, 0.717) is 21.3 Å². The molecule has 10 heteroatoms. The van der Waals surface area contributed by atoms with Gasteiger partial charge in [-0.1, -0.05) is 60.7 Å². The van der Waals surface area contributed by atoms with Crippen LogP contribution < -0.4 is 9.62 Å². The van der Waals surface area contributed by atoms with Crippen LogP contribution in [0.3, 0.4) is 0 Å². The van der Waals surface area contributed by atoms with Crippen molar-refractivity contribution in [1.82, 2.24) is 10.2 Å². The van der Waals surface area contributed by atoms with Crippen molar-refractivity contribution in [3.05, 3.63) is 63.1 Å². The molecule has 1 aliphatic rings. The Morgan fingerprint density at radius 2 is 1.76 bits per heavy atom. The Labute approximate surface area is 230 Å². The fraction of sp³-hybridized carbons (Fsp3) is 0.481. The van der Waals surface area contributed by atoms with Gasteiger partial charge in [0, 0.05) is 22.6 Å². The molecule has 2 amide bonds. The zero-order chi connectivity index (χ0) is 27.3. The summed E-state index contributed by atoms with van der Waals surface area (Å²) < 4.78 is 26.7. The minimum Gasteiger partial charge on any atom is -0.352 e. The van der Waals surface area contributed by atoms with Gasteiger partial charge in [-0.25, -0.2) is 8.42 Å². The number of aryl methyl sites for hydroxylation is 1. The van der Waals surface area contributed by atoms with E-state index in [2.05, 4.69) is 5.32 Å². The van der Waals surface area contributed by atoms with E-state index >= 15 is 0 Å². The first kappa shape index (κ1) is 29.3. The van der Waals surface area contributed by atoms with E-state index in [0.717, 1.165) is 53.8 Å². The second kappa shape index (κ2) is 12.5. The molecule has 0 spiro atoms. The number of carbonyl (C=O) groups excluding carboxylic acids is 2. The molecular formula is C27H35Cl2N3O4S. The fourth-order valence-corrected chi connectivity index (χ4v) is 5.95. The molecule has 1 saturated carbocycles. The Bertz CT molecular complexity index is 1250. The molecule has 1 aliphatic carbocycles. The Morgan fingerprint density at radius 3 is 2.38 bits per heavy atom. The van der Waals surface area contributed by atoms with E-state index in [-0.39, 0.29) is 18.5 Å². The third-order valence-electron chi connectivity index (χ3n) is 7.00. The number of benzene rings is 2. The predicted octanol–water partition coefficient (Wildman–Crippen LogP) is 5.24. The average molecular weight is 569 g/mol. The maximum absolute atomic E-state index is 13.8. The van der Waals surface area contributed by atoms with E-state index in [9.17, 15) is 18.0 Å². The first-order valence-corrected chi connectivity index (χ1v) is 15.1. The highest BCUT2D eigenvalue weighted by Gasteiger charge is 2.32. The van der Waals surface area contributed by atoms with Crippen LogP contribution in [0, 0.1) is 13.8 Å². The van der Waals surface area contributed by atoms with Crippen molar-refractivity contribution in [2.45, 2.75) is 71.5 Å². The first-order chi connectivity index (χ1) is 17.4. The summed E-state index contributed by atoms with van der Waals surface area (Å²) >= 11 is 12.5. The van der Waals surface area contributed by atoms with Gasteiger partial charge in [-0.05, 0) is 68.5 Å². The lowest BCUT2D eigenvalue weighted by Gasteiger charge is -2.33. The number of hydrogen-bond donors (Lipinski definition) is 1. The number of nitrogens with zero attached hydrogens (tertiary/aromatic N) is 2. The Morgan fingerprint density at radius 1 is 1.08 bits per heavy atom. The van der Waals surface area contributed by atoms with Crippen molar-refractivity contribution in [3.63, 3.8) is 0 Å². The number of hydrogen-bond acceptors (Lipinski definition) is 4. The molecule has 202 valence electrons. The molecule has 7 nitrogen and oxygen atoms in total. The van der Waals surface area contributed by atoms with Crippen LogP contribution in [0.2, 0.25) is 10.0 Å². The molecule has 0 saturated heterocycles. The zero-order valence-corrected chi connectivity index (χ0v) is 24.1. The molecule has 1 fully saturated rings. The largest absolute Gasteiger partial charge is 0.352 e. The summed E-state index contributed by atoms with van der Waals surface area (Å²) in [6, 6.07) is 9.48. The van der Waals surface area contributed by atoms with Gasteiger partial charge in [0.15, 0.2) is 0 Å². The first-order valence-electron chi connectivity index (χ1n) is 12.5. The van der Waals surface area contributed by atoms with Gasteiger partial charge < -0.3 is 10.2 Å². The minimum atomic E-state index is -3.80. The second-order valence-electron chi connectivity index (χ2n) is 9.77. The molecule has 1 atom stereocenters. The van der Waals surface area contributed by atoms with Gasteiger partial charge in [-0.3, -0.25) is 13.9 Å². The summed E-state index contributed by atoms with van der Waals surface area (Å²) in [5.41, 5.74) is 2.70. The van der Waals surface area contributed by atoms with E-state index in [1.165, 1.54) is 4.90 Å². The van der Waals surface area contributed by atoms with Crippen molar-refractivity contribution in [1.29, 1.82) is 0 Å². The standard InChI is InChI=1S/C27H35Cl2N3O4S/c1-18-9-8-12-25(19(18)2)32(37(4,35)36)17-26(33)31(16-21-13-14-22(28)15-24(21)29)20(3)27(34)30-23-10-6-5-7-11-23/h8-9,12-15,20,23H,5-7,10-11,16-17H2,1-4H3,(H,30,34)/t20-/m0/s1. The molecule has 0 unspecified atom stereocenters. The van der Waals surface area contributed by atoms with Gasteiger partial charge in [0.25, 0.3) is 0 Å². The molecule has 37 heavy (non-hydrogen) atoms. The van der Waals surface area contributed by atoms with Crippen molar-refractivity contribution in [3.8, 4) is 0 Å². The number of halogens is 2. The van der Waals surface area contributed by atoms with Crippen LogP contribution in [-0.2, 0) is 26.2 Å². The van der Waals surface area contributed by atoms with Gasteiger partial charge in [-0.2, -0.15) is 0 Å². The predicted molar refractivity (Wildman–Crippen MR) is 150 cm³/mol. The number of carbonyl (C=O) groups is 2. The van der Waals surface area contributed by atoms with E-state index in [1.54, 1.807) is 37.3 Å². The molecule has 1 N–H and O–H groups in total. The molecule has 0 heterocycles. The Hall–Kier alpha value is -2.29. The fourth-order valence-electron chi connectivity index (χ4n) is 4.59. The summed E-state index contributed by atoms with van der Waals surface area (Å²) in [4.78, 5) is 28.4. The lowest BCUT2D eigenvalue weighted by atomic mass is 9.95. The summed E-state index contributed by atoms with van der Waals surface area (Å²) in [5, 5.41) is 3.89. The van der Waals surface area contributed by atoms with Crippen LogP contribution in [0.25, 0.3) is 0 Å². The van der Waals surface area contributed by atoms with E-state index in [1.807, 2.05) is 19.9 Å². The summed E-state index contributed by atoms with van der Waals surface area (Å²) in [7, 11) is -3.80. The Kier molecular flexibility index (Phi) is 9.89. The zero-order valence-electron chi connectivity index (χ0n) is 21.8. The van der Waals surface area contributed by atoms with Gasteiger partial charge in [0.2, 0.25) is 21.8 Å². The smallest absolute Gasteiger partial charge is 0.244 e. The Balaban J connectivity index is 1.93. The summed E-state index contributed by atoms with van der Waals surface area (Å²) in [5.74, 6) is -0.786. The van der Waals surface area contributed by atoms with Crippen LogP contribution in [0.4, 0.5) is 5.69 Å². The normalized spacial score (nSPS) is 15.2. The van der Waals surface area contributed by atoms with Crippen molar-refractivity contribution in [2.24, 2.45) is 0 Å². The van der Waals surface area contributed by atoms with Gasteiger partial charge in [0.1, 0.15) is 12.6 Å². The topological polar surface area (TPSA) is 86.8 Å². The molecule has 0 radical (unpaired) electrons. The molecular weight excluding hydrogens is 533 g/mol. The number of sulfonamides is 1. The van der Waals surface area contributed by atoms with Gasteiger partial charge >= 0.3 is 0 Å². The molecule has 3 rings (SSSR count). The maximum atomic E-state index is 13.8. The van der Waals surface area contributed by atoms with Crippen molar-refractivity contribution >= 4 is 50.7 Å². The maximum Gasteiger partial charge on any atom is 0.244 e. The monoisotopic (exact) mass is 567 g/mol. The lowest BCUT2D eigenvalue weighted by Crippen LogP contribution is -2.53. The number of amides is 2. The van der Waals surface area contributed by atoms with Crippen LogP contribution in [-0.4, -0.2) is 50.0 Å². The van der Waals surface area contributed by atoms with Crippen LogP contribution >= 0.6 is 23.2 Å². The van der Waals surface area contributed by atoms with E-state index in [4.69, 9.17) is 23.2 Å². The average Bonchev–Trinajstić information content (AvgIpc) is 2.83. The van der Waals surface area contributed by atoms with Crippen molar-refractivity contribution in [2.75, 3.05) is 17.1 Å². The molecule has 0 bridgehead atoms. The summed E-state index contributed by atoms with van der Waals surface area (Å²) in [6.45, 7) is 4.93. The molecule has 0 aromatic heterocycles. The van der Waals surface area contributed by atoms with E-state index < -0.39 is 28.5 Å². The highest BCUT2D eigenvalue weighted by atomic mass is 35.5. The molecule has 2 aromatic carbocycles. The highest BCUT2D eigenvalue weighted by molar-refractivity contribution is 7.92. The van der Waals surface area contributed by atoms with Crippen LogP contribution in [0.5, 0.6) is 0 Å². The number of anilines is 1. The number of rotatable bonds is 9. The highest BCUT2D eigenvalue weighted by Crippen LogP contribution is 2.27. The molecule has 0 aliphatic heterocycles. The third-order valence-corrected chi connectivity index (χ3v) is 8.71. The minimum absolute atomic E-state index is 0.0263. The van der Waals surface area contributed by atoms with Gasteiger partial charge in [-0.15, -0.1) is 0 Å². The third kappa shape index (κ3) is 7.62. The molecule has 2 aromatic rings.